The highest BCUT2D eigenvalue weighted by Gasteiger charge is 2.34. The summed E-state index contributed by atoms with van der Waals surface area (Å²) in [6.07, 6.45) is 1.06. The van der Waals surface area contributed by atoms with Crippen LogP contribution in [0.25, 0.3) is 0 Å². The molecule has 0 N–H and O–H groups in total. The summed E-state index contributed by atoms with van der Waals surface area (Å²) in [6, 6.07) is 14.3. The van der Waals surface area contributed by atoms with Crippen molar-refractivity contribution in [3.05, 3.63) is 69.8 Å². The monoisotopic (exact) mass is 320 g/mol. The van der Waals surface area contributed by atoms with Crippen molar-refractivity contribution < 1.29 is 0 Å². The van der Waals surface area contributed by atoms with Crippen molar-refractivity contribution in [3.63, 3.8) is 0 Å². The van der Waals surface area contributed by atoms with Crippen LogP contribution in [-0.4, -0.2) is 0 Å². The zero-order valence-corrected chi connectivity index (χ0v) is 16.7. The van der Waals surface area contributed by atoms with Crippen LogP contribution >= 0.6 is 0 Å². The van der Waals surface area contributed by atoms with Gasteiger partial charge in [-0.3, -0.25) is 0 Å². The molecular weight excluding hydrogens is 288 g/mol. The van der Waals surface area contributed by atoms with Crippen LogP contribution in [0, 0.1) is 0 Å². The largest absolute Gasteiger partial charge is 0.0582 e. The Labute approximate surface area is 148 Å². The Hall–Kier alpha value is -1.56. The molecule has 0 spiro atoms. The van der Waals surface area contributed by atoms with Crippen LogP contribution in [0.4, 0.5) is 0 Å². The van der Waals surface area contributed by atoms with Gasteiger partial charge < -0.3 is 0 Å². The first-order chi connectivity index (χ1) is 10.9. The van der Waals surface area contributed by atoms with Crippen LogP contribution in [0.1, 0.15) is 88.8 Å². The Kier molecular flexibility index (Phi) is 3.75. The van der Waals surface area contributed by atoms with E-state index in [9.17, 15) is 0 Å². The molecule has 2 aromatic carbocycles. The number of fused-ring (bicyclic) bond motifs is 2. The number of hydrogen-bond donors (Lipinski definition) is 0. The van der Waals surface area contributed by atoms with Crippen molar-refractivity contribution in [1.82, 2.24) is 0 Å². The minimum absolute atomic E-state index is 0.0609. The van der Waals surface area contributed by atoms with E-state index < -0.39 is 0 Å². The normalized spacial score (nSPS) is 16.5. The molecule has 0 nitrogen and oxygen atoms in total. The van der Waals surface area contributed by atoms with E-state index in [4.69, 9.17) is 0 Å². The molecule has 0 saturated carbocycles. The van der Waals surface area contributed by atoms with Crippen molar-refractivity contribution >= 4 is 0 Å². The average molecular weight is 321 g/mol. The zero-order valence-electron chi connectivity index (χ0n) is 16.7. The Morgan fingerprint density at radius 2 is 1.04 bits per heavy atom. The van der Waals surface area contributed by atoms with Gasteiger partial charge in [0.2, 0.25) is 0 Å². The average Bonchev–Trinajstić information content (AvgIpc) is 2.44. The lowest BCUT2D eigenvalue weighted by atomic mass is 9.66. The third-order valence-electron chi connectivity index (χ3n) is 5.68. The zero-order chi connectivity index (χ0) is 17.9. The van der Waals surface area contributed by atoms with E-state index in [0.717, 1.165) is 6.42 Å². The number of hydrogen-bond acceptors (Lipinski definition) is 0. The molecule has 0 aromatic heterocycles. The first-order valence-corrected chi connectivity index (χ1v) is 9.18. The topological polar surface area (TPSA) is 0 Å². The molecule has 2 aromatic rings. The van der Waals surface area contributed by atoms with Gasteiger partial charge in [0.15, 0.2) is 0 Å². The molecule has 0 amide bonds. The summed E-state index contributed by atoms with van der Waals surface area (Å²) in [5.41, 5.74) is 9.31. The molecule has 24 heavy (non-hydrogen) atoms. The van der Waals surface area contributed by atoms with Gasteiger partial charge >= 0.3 is 0 Å². The number of rotatable bonds is 0. The van der Waals surface area contributed by atoms with Crippen LogP contribution in [0.5, 0.6) is 0 Å². The molecule has 1 aliphatic carbocycles. The van der Waals surface area contributed by atoms with E-state index in [0.29, 0.717) is 0 Å². The molecule has 0 aliphatic heterocycles. The van der Waals surface area contributed by atoms with E-state index in [-0.39, 0.29) is 16.2 Å². The minimum atomic E-state index is 0.0609. The molecule has 0 atom stereocenters. The van der Waals surface area contributed by atoms with Crippen molar-refractivity contribution in [2.24, 2.45) is 0 Å². The fourth-order valence-corrected chi connectivity index (χ4v) is 3.91. The van der Waals surface area contributed by atoms with E-state index in [1.165, 1.54) is 33.4 Å². The van der Waals surface area contributed by atoms with Crippen LogP contribution in [0.2, 0.25) is 0 Å². The van der Waals surface area contributed by atoms with Gasteiger partial charge in [0.25, 0.3) is 0 Å². The predicted octanol–water partition coefficient (Wildman–Crippen LogP) is 6.51. The molecule has 0 fully saturated rings. The quantitative estimate of drug-likeness (QED) is 0.519. The lowest BCUT2D eigenvalue weighted by Crippen LogP contribution is -2.29. The maximum absolute atomic E-state index is 2.46. The van der Waals surface area contributed by atoms with Crippen LogP contribution < -0.4 is 0 Å². The molecule has 1 aliphatic rings. The van der Waals surface area contributed by atoms with Gasteiger partial charge in [-0.1, -0.05) is 91.8 Å². The van der Waals surface area contributed by atoms with Gasteiger partial charge in [0.05, 0.1) is 0 Å². The molecule has 0 heterocycles. The summed E-state index contributed by atoms with van der Waals surface area (Å²) in [4.78, 5) is 0. The molecule has 0 radical (unpaired) electrons. The summed E-state index contributed by atoms with van der Waals surface area (Å²) >= 11 is 0. The second-order valence-electron chi connectivity index (χ2n) is 10.0. The molecule has 0 saturated heterocycles. The van der Waals surface area contributed by atoms with E-state index in [2.05, 4.69) is 91.8 Å². The first kappa shape index (κ1) is 17.3. The van der Waals surface area contributed by atoms with Crippen LogP contribution in [-0.2, 0) is 22.7 Å². The highest BCUT2D eigenvalue weighted by Crippen LogP contribution is 2.43. The molecule has 3 rings (SSSR count). The minimum Gasteiger partial charge on any atom is -0.0582 e. The summed E-state index contributed by atoms with van der Waals surface area (Å²) in [5.74, 6) is 0. The van der Waals surface area contributed by atoms with Gasteiger partial charge in [-0.15, -0.1) is 0 Å². The van der Waals surface area contributed by atoms with Gasteiger partial charge in [0, 0.05) is 5.41 Å². The van der Waals surface area contributed by atoms with Crippen molar-refractivity contribution in [1.29, 1.82) is 0 Å². The van der Waals surface area contributed by atoms with E-state index in [1.807, 2.05) is 0 Å². The molecule has 0 unspecified atom stereocenters. The third kappa shape index (κ3) is 2.81. The third-order valence-corrected chi connectivity index (χ3v) is 5.68. The lowest BCUT2D eigenvalue weighted by Gasteiger charge is -2.37. The first-order valence-electron chi connectivity index (χ1n) is 9.18. The molecule has 128 valence electrons. The molecule has 0 bridgehead atoms. The fraction of sp³-hybridized carbons (Fsp3) is 0.500. The van der Waals surface area contributed by atoms with Gasteiger partial charge in [-0.25, -0.2) is 0 Å². The lowest BCUT2D eigenvalue weighted by molar-refractivity contribution is 0.565. The van der Waals surface area contributed by atoms with Crippen LogP contribution in [0.3, 0.4) is 0 Å². The summed E-state index contributed by atoms with van der Waals surface area (Å²) in [6.45, 7) is 18.6. The Bertz CT molecular complexity index is 711. The highest BCUT2D eigenvalue weighted by atomic mass is 14.4. The van der Waals surface area contributed by atoms with Crippen molar-refractivity contribution in [2.45, 2.75) is 78.1 Å². The maximum atomic E-state index is 2.46. The van der Waals surface area contributed by atoms with Gasteiger partial charge in [0.1, 0.15) is 0 Å². The van der Waals surface area contributed by atoms with Gasteiger partial charge in [-0.2, -0.15) is 0 Å². The Morgan fingerprint density at radius 1 is 0.667 bits per heavy atom. The smallest absolute Gasteiger partial charge is 0.0152 e. The Morgan fingerprint density at radius 3 is 1.38 bits per heavy atom. The highest BCUT2D eigenvalue weighted by molar-refractivity contribution is 5.55. The summed E-state index contributed by atoms with van der Waals surface area (Å²) < 4.78 is 0. The summed E-state index contributed by atoms with van der Waals surface area (Å²) in [5, 5.41) is 0. The fourth-order valence-electron chi connectivity index (χ4n) is 3.91. The van der Waals surface area contributed by atoms with Gasteiger partial charge in [-0.05, 0) is 50.6 Å². The van der Waals surface area contributed by atoms with Crippen LogP contribution in [0.15, 0.2) is 36.4 Å². The SMILES string of the molecule is CC(C)(C)c1ccc2c(c1)C(C)(C)c1cc(C(C)(C)C)ccc1C2. The summed E-state index contributed by atoms with van der Waals surface area (Å²) in [7, 11) is 0. The second-order valence-corrected chi connectivity index (χ2v) is 10.0. The molecule has 0 heteroatoms. The molecular formula is C24H32. The Balaban J connectivity index is 2.18. The predicted molar refractivity (Wildman–Crippen MR) is 105 cm³/mol. The standard InChI is InChI=1S/C24H32/c1-22(2,3)18-11-9-16-13-17-10-12-19(23(4,5)6)15-21(17)24(7,8)20(16)14-18/h9-12,14-15H,13H2,1-8H3. The maximum Gasteiger partial charge on any atom is 0.0152 e. The van der Waals surface area contributed by atoms with Crippen molar-refractivity contribution in [2.75, 3.05) is 0 Å². The number of benzene rings is 2. The van der Waals surface area contributed by atoms with Crippen molar-refractivity contribution in [3.8, 4) is 0 Å². The second kappa shape index (κ2) is 5.22. The van der Waals surface area contributed by atoms with E-state index >= 15 is 0 Å². The van der Waals surface area contributed by atoms with E-state index in [1.54, 1.807) is 0 Å².